The van der Waals surface area contributed by atoms with Crippen LogP contribution < -0.4 is 20.1 Å². The molecule has 140 valence electrons. The summed E-state index contributed by atoms with van der Waals surface area (Å²) in [4.78, 5) is 10.5. The Morgan fingerprint density at radius 1 is 1.31 bits per heavy atom. The van der Waals surface area contributed by atoms with Crippen molar-refractivity contribution in [3.05, 3.63) is 36.5 Å². The number of nitrogens with zero attached hydrogens (tertiary/aromatic N) is 3. The first-order chi connectivity index (χ1) is 12.5. The van der Waals surface area contributed by atoms with Crippen molar-refractivity contribution in [2.45, 2.75) is 17.7 Å². The maximum atomic E-state index is 12.5. The third kappa shape index (κ3) is 4.41. The van der Waals surface area contributed by atoms with Crippen molar-refractivity contribution in [1.29, 1.82) is 0 Å². The minimum Gasteiger partial charge on any atom is -0.497 e. The summed E-state index contributed by atoms with van der Waals surface area (Å²) >= 11 is 0. The quantitative estimate of drug-likeness (QED) is 0.780. The van der Waals surface area contributed by atoms with Crippen LogP contribution in [0.5, 0.6) is 5.75 Å². The molecule has 1 aliphatic rings. The topological polar surface area (TPSA) is 110 Å². The van der Waals surface area contributed by atoms with Crippen molar-refractivity contribution in [1.82, 2.24) is 14.7 Å². The number of anilines is 2. The molecule has 1 unspecified atom stereocenters. The molecular formula is C17H23N5O3S. The molecule has 8 nitrogen and oxygen atoms in total. The summed E-state index contributed by atoms with van der Waals surface area (Å²) in [5.41, 5.74) is 5.65. The molecule has 1 atom stereocenters. The van der Waals surface area contributed by atoms with Crippen LogP contribution >= 0.6 is 0 Å². The lowest BCUT2D eigenvalue weighted by Crippen LogP contribution is -2.41. The SMILES string of the molecule is COc1ccc(S(=O)(=O)NCC2CCCN(c3ccnc(N)n3)C2)cc1. The van der Waals surface area contributed by atoms with Gasteiger partial charge in [0, 0.05) is 25.8 Å². The van der Waals surface area contributed by atoms with Gasteiger partial charge in [-0.25, -0.2) is 18.1 Å². The monoisotopic (exact) mass is 377 g/mol. The Kier molecular flexibility index (Phi) is 5.58. The number of methoxy groups -OCH3 is 1. The lowest BCUT2D eigenvalue weighted by molar-refractivity contribution is 0.409. The van der Waals surface area contributed by atoms with Crippen LogP contribution in [0.4, 0.5) is 11.8 Å². The standard InChI is InChI=1S/C17H23N5O3S/c1-25-14-4-6-15(7-5-14)26(23,24)20-11-13-3-2-10-22(12-13)16-8-9-19-17(18)21-16/h4-9,13,20H,2-3,10-12H2,1H3,(H2,18,19,21). The molecule has 0 aliphatic carbocycles. The molecule has 1 aromatic carbocycles. The van der Waals surface area contributed by atoms with E-state index in [9.17, 15) is 8.42 Å². The Morgan fingerprint density at radius 2 is 2.08 bits per heavy atom. The first-order valence-electron chi connectivity index (χ1n) is 8.45. The molecule has 1 aromatic heterocycles. The van der Waals surface area contributed by atoms with Crippen molar-refractivity contribution in [3.63, 3.8) is 0 Å². The van der Waals surface area contributed by atoms with Gasteiger partial charge in [-0.1, -0.05) is 0 Å². The summed E-state index contributed by atoms with van der Waals surface area (Å²) < 4.78 is 32.7. The largest absolute Gasteiger partial charge is 0.497 e. The van der Waals surface area contributed by atoms with Crippen molar-refractivity contribution >= 4 is 21.8 Å². The molecule has 1 saturated heterocycles. The highest BCUT2D eigenvalue weighted by atomic mass is 32.2. The lowest BCUT2D eigenvalue weighted by atomic mass is 9.98. The van der Waals surface area contributed by atoms with Gasteiger partial charge in [0.2, 0.25) is 16.0 Å². The van der Waals surface area contributed by atoms with Gasteiger partial charge < -0.3 is 15.4 Å². The van der Waals surface area contributed by atoms with Crippen LogP contribution in [-0.2, 0) is 10.0 Å². The molecule has 0 saturated carbocycles. The van der Waals surface area contributed by atoms with E-state index in [4.69, 9.17) is 10.5 Å². The number of nitrogens with one attached hydrogen (secondary N) is 1. The van der Waals surface area contributed by atoms with E-state index in [1.165, 1.54) is 12.1 Å². The molecule has 26 heavy (non-hydrogen) atoms. The average Bonchev–Trinajstić information content (AvgIpc) is 2.67. The van der Waals surface area contributed by atoms with Gasteiger partial charge in [0.15, 0.2) is 0 Å². The molecule has 2 heterocycles. The summed E-state index contributed by atoms with van der Waals surface area (Å²) in [6.45, 7) is 1.98. The minimum atomic E-state index is -3.54. The molecular weight excluding hydrogens is 354 g/mol. The first kappa shape index (κ1) is 18.4. The zero-order chi connectivity index (χ0) is 18.6. The van der Waals surface area contributed by atoms with Crippen LogP contribution in [0.2, 0.25) is 0 Å². The molecule has 1 aliphatic heterocycles. The number of ether oxygens (including phenoxy) is 1. The lowest BCUT2D eigenvalue weighted by Gasteiger charge is -2.33. The second-order valence-electron chi connectivity index (χ2n) is 6.25. The number of hydrogen-bond acceptors (Lipinski definition) is 7. The highest BCUT2D eigenvalue weighted by Gasteiger charge is 2.23. The van der Waals surface area contributed by atoms with E-state index in [2.05, 4.69) is 19.6 Å². The zero-order valence-electron chi connectivity index (χ0n) is 14.6. The van der Waals surface area contributed by atoms with Crippen LogP contribution in [0.3, 0.4) is 0 Å². The summed E-state index contributed by atoms with van der Waals surface area (Å²) in [5, 5.41) is 0. The second-order valence-corrected chi connectivity index (χ2v) is 8.02. The maximum absolute atomic E-state index is 12.5. The Hall–Kier alpha value is -2.39. The number of hydrogen-bond donors (Lipinski definition) is 2. The third-order valence-electron chi connectivity index (χ3n) is 4.43. The van der Waals surface area contributed by atoms with E-state index in [1.807, 2.05) is 6.07 Å². The number of aromatic nitrogens is 2. The third-order valence-corrected chi connectivity index (χ3v) is 5.87. The van der Waals surface area contributed by atoms with Crippen LogP contribution in [0.25, 0.3) is 0 Å². The summed E-state index contributed by atoms with van der Waals surface area (Å²) in [7, 11) is -2.00. The average molecular weight is 377 g/mol. The Labute approximate surface area is 153 Å². The summed E-state index contributed by atoms with van der Waals surface area (Å²) in [6.07, 6.45) is 3.56. The zero-order valence-corrected chi connectivity index (χ0v) is 15.4. The maximum Gasteiger partial charge on any atom is 0.240 e. The molecule has 1 fully saturated rings. The van der Waals surface area contributed by atoms with Gasteiger partial charge >= 0.3 is 0 Å². The predicted octanol–water partition coefficient (Wildman–Crippen LogP) is 1.26. The molecule has 2 aromatic rings. The number of nitrogens with two attached hydrogens (primary N) is 1. The van der Waals surface area contributed by atoms with E-state index < -0.39 is 10.0 Å². The van der Waals surface area contributed by atoms with Gasteiger partial charge in [-0.2, -0.15) is 4.98 Å². The number of piperidine rings is 1. The molecule has 0 spiro atoms. The molecule has 9 heteroatoms. The van der Waals surface area contributed by atoms with E-state index in [0.29, 0.717) is 12.3 Å². The van der Waals surface area contributed by atoms with Gasteiger partial charge in [0.25, 0.3) is 0 Å². The van der Waals surface area contributed by atoms with Crippen molar-refractivity contribution in [3.8, 4) is 5.75 Å². The fraction of sp³-hybridized carbons (Fsp3) is 0.412. The molecule has 3 rings (SSSR count). The van der Waals surface area contributed by atoms with Gasteiger partial charge in [-0.05, 0) is 49.1 Å². The van der Waals surface area contributed by atoms with Gasteiger partial charge in [0.1, 0.15) is 11.6 Å². The first-order valence-corrected chi connectivity index (χ1v) is 9.93. The highest BCUT2D eigenvalue weighted by Crippen LogP contribution is 2.22. The Morgan fingerprint density at radius 3 is 2.77 bits per heavy atom. The number of nitrogen functional groups attached to an aromatic ring is 1. The number of sulfonamides is 1. The van der Waals surface area contributed by atoms with Crippen LogP contribution in [0.15, 0.2) is 41.4 Å². The Bertz CT molecular complexity index is 842. The number of benzene rings is 1. The minimum absolute atomic E-state index is 0.202. The molecule has 0 bridgehead atoms. The fourth-order valence-electron chi connectivity index (χ4n) is 3.05. The van der Waals surface area contributed by atoms with Gasteiger partial charge in [0.05, 0.1) is 12.0 Å². The highest BCUT2D eigenvalue weighted by molar-refractivity contribution is 7.89. The Balaban J connectivity index is 1.61. The van der Waals surface area contributed by atoms with E-state index >= 15 is 0 Å². The van der Waals surface area contributed by atoms with Gasteiger partial charge in [-0.15, -0.1) is 0 Å². The van der Waals surface area contributed by atoms with Crippen molar-refractivity contribution in [2.24, 2.45) is 5.92 Å². The summed E-state index contributed by atoms with van der Waals surface area (Å²) in [5.74, 6) is 1.84. The van der Waals surface area contributed by atoms with E-state index in [1.54, 1.807) is 25.4 Å². The van der Waals surface area contributed by atoms with E-state index in [-0.39, 0.29) is 16.8 Å². The van der Waals surface area contributed by atoms with Crippen LogP contribution in [0.1, 0.15) is 12.8 Å². The normalized spacial score (nSPS) is 17.9. The van der Waals surface area contributed by atoms with Crippen LogP contribution in [0, 0.1) is 5.92 Å². The predicted molar refractivity (Wildman–Crippen MR) is 99.6 cm³/mol. The second kappa shape index (κ2) is 7.88. The molecule has 0 amide bonds. The molecule has 0 radical (unpaired) electrons. The van der Waals surface area contributed by atoms with Crippen LogP contribution in [-0.4, -0.2) is 45.1 Å². The summed E-state index contributed by atoms with van der Waals surface area (Å²) in [6, 6.07) is 8.17. The van der Waals surface area contributed by atoms with Gasteiger partial charge in [-0.3, -0.25) is 0 Å². The van der Waals surface area contributed by atoms with Crippen molar-refractivity contribution in [2.75, 3.05) is 37.4 Å². The fourth-order valence-corrected chi connectivity index (χ4v) is 4.16. The number of rotatable bonds is 6. The smallest absolute Gasteiger partial charge is 0.240 e. The van der Waals surface area contributed by atoms with Crippen molar-refractivity contribution < 1.29 is 13.2 Å². The van der Waals surface area contributed by atoms with E-state index in [0.717, 1.165) is 31.7 Å². The molecule has 3 N–H and O–H groups in total.